The first-order valence-electron chi connectivity index (χ1n) is 8.94. The van der Waals surface area contributed by atoms with Gasteiger partial charge in [0.1, 0.15) is 5.75 Å². The summed E-state index contributed by atoms with van der Waals surface area (Å²) in [6, 6.07) is 17.3. The third-order valence-electron chi connectivity index (χ3n) is 4.01. The molecule has 0 saturated heterocycles. The summed E-state index contributed by atoms with van der Waals surface area (Å²) < 4.78 is 0. The number of rotatable bonds is 8. The molecule has 136 valence electrons. The minimum atomic E-state index is 0.195. The molecule has 27 heavy (non-hydrogen) atoms. The molecule has 5 heteroatoms. The third kappa shape index (κ3) is 5.85. The number of phenolic OH excluding ortho intramolecular Hbond substituents is 1. The molecule has 1 N–H and O–H groups in total. The summed E-state index contributed by atoms with van der Waals surface area (Å²) in [5.41, 5.74) is 3.38. The van der Waals surface area contributed by atoms with E-state index in [2.05, 4.69) is 20.0 Å². The second kappa shape index (κ2) is 9.97. The van der Waals surface area contributed by atoms with Crippen LogP contribution in [0, 0.1) is 0 Å². The van der Waals surface area contributed by atoms with E-state index in [0.29, 0.717) is 24.2 Å². The number of aromatic hydroxyl groups is 1. The molecule has 0 aliphatic heterocycles. The fourth-order valence-electron chi connectivity index (χ4n) is 2.56. The fraction of sp³-hybridized carbons (Fsp3) is 0.182. The van der Waals surface area contributed by atoms with Crippen molar-refractivity contribution in [3.05, 3.63) is 89.5 Å². The topological polar surface area (TPSA) is 70.7 Å². The van der Waals surface area contributed by atoms with Crippen LogP contribution < -0.4 is 0 Å². The average Bonchev–Trinajstić information content (AvgIpc) is 2.72. The van der Waals surface area contributed by atoms with Crippen LogP contribution >= 0.6 is 0 Å². The second-order valence-corrected chi connectivity index (χ2v) is 6.00. The van der Waals surface area contributed by atoms with Crippen molar-refractivity contribution >= 4 is 12.4 Å². The standard InChI is InChI=1S/C22H22N4O/c27-22-18(16-23-14-10-20-8-1-3-12-25-20)6-5-7-19(22)17-24-15-11-21-9-2-4-13-26-21/h1-9,12-13,16-17,27H,10-11,14-15H2. The van der Waals surface area contributed by atoms with Crippen LogP contribution in [-0.4, -0.2) is 40.6 Å². The first-order valence-corrected chi connectivity index (χ1v) is 8.94. The molecule has 2 aromatic heterocycles. The van der Waals surface area contributed by atoms with Crippen molar-refractivity contribution in [3.63, 3.8) is 0 Å². The van der Waals surface area contributed by atoms with Crippen LogP contribution in [0.15, 0.2) is 77.0 Å². The Morgan fingerprint density at radius 2 is 1.22 bits per heavy atom. The van der Waals surface area contributed by atoms with Gasteiger partial charge in [0.25, 0.3) is 0 Å². The Morgan fingerprint density at radius 3 is 1.67 bits per heavy atom. The van der Waals surface area contributed by atoms with E-state index >= 15 is 0 Å². The van der Waals surface area contributed by atoms with Crippen LogP contribution in [0.25, 0.3) is 0 Å². The Balaban J connectivity index is 1.55. The Kier molecular flexibility index (Phi) is 6.81. The van der Waals surface area contributed by atoms with Gasteiger partial charge in [-0.3, -0.25) is 20.0 Å². The van der Waals surface area contributed by atoms with Gasteiger partial charge in [0.15, 0.2) is 0 Å². The molecule has 1 aromatic carbocycles. The van der Waals surface area contributed by atoms with Gasteiger partial charge in [-0.2, -0.15) is 0 Å². The lowest BCUT2D eigenvalue weighted by Crippen LogP contribution is -1.95. The number of aliphatic imine (C=N–C) groups is 2. The molecular weight excluding hydrogens is 336 g/mol. The van der Waals surface area contributed by atoms with Gasteiger partial charge in [-0.25, -0.2) is 0 Å². The molecule has 0 fully saturated rings. The maximum Gasteiger partial charge on any atom is 0.133 e. The molecular formula is C22H22N4O. The highest BCUT2D eigenvalue weighted by Gasteiger charge is 2.03. The third-order valence-corrected chi connectivity index (χ3v) is 4.01. The van der Waals surface area contributed by atoms with Crippen molar-refractivity contribution < 1.29 is 5.11 Å². The summed E-state index contributed by atoms with van der Waals surface area (Å²) in [4.78, 5) is 17.3. The number of hydrogen-bond donors (Lipinski definition) is 1. The monoisotopic (exact) mass is 358 g/mol. The number of para-hydroxylation sites is 1. The Labute approximate surface area is 159 Å². The van der Waals surface area contributed by atoms with E-state index < -0.39 is 0 Å². The average molecular weight is 358 g/mol. The molecule has 0 spiro atoms. The van der Waals surface area contributed by atoms with Gasteiger partial charge in [0, 0.05) is 73.3 Å². The molecule has 0 unspecified atom stereocenters. The zero-order chi connectivity index (χ0) is 18.7. The lowest BCUT2D eigenvalue weighted by molar-refractivity contribution is 0.473. The van der Waals surface area contributed by atoms with Gasteiger partial charge < -0.3 is 5.11 Å². The number of nitrogens with zero attached hydrogens (tertiary/aromatic N) is 4. The van der Waals surface area contributed by atoms with Crippen LogP contribution in [0.5, 0.6) is 5.75 Å². The van der Waals surface area contributed by atoms with E-state index in [-0.39, 0.29) is 5.75 Å². The van der Waals surface area contributed by atoms with E-state index in [0.717, 1.165) is 24.2 Å². The SMILES string of the molecule is Oc1c(C=NCCc2ccccn2)cccc1C=NCCc1ccccn1. The zero-order valence-corrected chi connectivity index (χ0v) is 15.1. The van der Waals surface area contributed by atoms with Gasteiger partial charge in [-0.1, -0.05) is 18.2 Å². The first-order chi connectivity index (χ1) is 13.3. The summed E-state index contributed by atoms with van der Waals surface area (Å²) in [5, 5.41) is 10.4. The van der Waals surface area contributed by atoms with Crippen LogP contribution in [-0.2, 0) is 12.8 Å². The van der Waals surface area contributed by atoms with Crippen molar-refractivity contribution in [2.24, 2.45) is 9.98 Å². The lowest BCUT2D eigenvalue weighted by Gasteiger charge is -2.03. The van der Waals surface area contributed by atoms with Gasteiger partial charge in [0.2, 0.25) is 0 Å². The molecule has 0 amide bonds. The molecule has 2 heterocycles. The highest BCUT2D eigenvalue weighted by Crippen LogP contribution is 2.19. The van der Waals surface area contributed by atoms with Crippen molar-refractivity contribution in [2.75, 3.05) is 13.1 Å². The van der Waals surface area contributed by atoms with Gasteiger partial charge in [-0.05, 0) is 36.4 Å². The summed E-state index contributed by atoms with van der Waals surface area (Å²) in [6.45, 7) is 1.25. The van der Waals surface area contributed by atoms with Crippen LogP contribution in [0.1, 0.15) is 22.5 Å². The summed E-state index contributed by atoms with van der Waals surface area (Å²) >= 11 is 0. The quantitative estimate of drug-likeness (QED) is 0.627. The van der Waals surface area contributed by atoms with E-state index in [1.54, 1.807) is 24.8 Å². The van der Waals surface area contributed by atoms with E-state index in [4.69, 9.17) is 0 Å². The highest BCUT2D eigenvalue weighted by molar-refractivity contribution is 5.91. The Bertz CT molecular complexity index is 821. The first kappa shape index (κ1) is 18.5. The zero-order valence-electron chi connectivity index (χ0n) is 15.1. The van der Waals surface area contributed by atoms with Crippen LogP contribution in [0.2, 0.25) is 0 Å². The van der Waals surface area contributed by atoms with Gasteiger partial charge in [0.05, 0.1) is 0 Å². The minimum absolute atomic E-state index is 0.195. The van der Waals surface area contributed by atoms with Gasteiger partial charge >= 0.3 is 0 Å². The molecule has 0 atom stereocenters. The largest absolute Gasteiger partial charge is 0.507 e. The predicted octanol–water partition coefficient (Wildman–Crippen LogP) is 3.51. The van der Waals surface area contributed by atoms with Crippen molar-refractivity contribution in [2.45, 2.75) is 12.8 Å². The number of hydrogen-bond acceptors (Lipinski definition) is 5. The molecule has 0 saturated carbocycles. The number of benzene rings is 1. The normalized spacial score (nSPS) is 11.4. The highest BCUT2D eigenvalue weighted by atomic mass is 16.3. The molecule has 3 rings (SSSR count). The fourth-order valence-corrected chi connectivity index (χ4v) is 2.56. The van der Waals surface area contributed by atoms with Gasteiger partial charge in [-0.15, -0.1) is 0 Å². The summed E-state index contributed by atoms with van der Waals surface area (Å²) in [5.74, 6) is 0.195. The molecule has 3 aromatic rings. The number of phenols is 1. The van der Waals surface area contributed by atoms with Crippen molar-refractivity contribution in [1.82, 2.24) is 9.97 Å². The number of aromatic nitrogens is 2. The number of pyridine rings is 2. The maximum atomic E-state index is 10.4. The minimum Gasteiger partial charge on any atom is -0.507 e. The van der Waals surface area contributed by atoms with E-state index in [9.17, 15) is 5.11 Å². The summed E-state index contributed by atoms with van der Waals surface area (Å²) in [7, 11) is 0. The van der Waals surface area contributed by atoms with Crippen LogP contribution in [0.3, 0.4) is 0 Å². The predicted molar refractivity (Wildman–Crippen MR) is 109 cm³/mol. The Hall–Kier alpha value is -3.34. The Morgan fingerprint density at radius 1 is 0.704 bits per heavy atom. The molecule has 5 nitrogen and oxygen atoms in total. The van der Waals surface area contributed by atoms with E-state index in [1.807, 2.05) is 54.6 Å². The molecule has 0 aliphatic carbocycles. The maximum absolute atomic E-state index is 10.4. The van der Waals surface area contributed by atoms with Crippen LogP contribution in [0.4, 0.5) is 0 Å². The second-order valence-electron chi connectivity index (χ2n) is 6.00. The van der Waals surface area contributed by atoms with E-state index in [1.165, 1.54) is 0 Å². The van der Waals surface area contributed by atoms with Crippen molar-refractivity contribution in [1.29, 1.82) is 0 Å². The summed E-state index contributed by atoms with van der Waals surface area (Å²) in [6.07, 6.45) is 8.50. The van der Waals surface area contributed by atoms with Crippen molar-refractivity contribution in [3.8, 4) is 5.75 Å². The molecule has 0 aliphatic rings. The smallest absolute Gasteiger partial charge is 0.133 e. The lowest BCUT2D eigenvalue weighted by atomic mass is 10.1. The molecule has 0 bridgehead atoms. The molecule has 0 radical (unpaired) electrons.